The van der Waals surface area contributed by atoms with Crippen molar-refractivity contribution in [3.8, 4) is 5.75 Å². The normalized spacial score (nSPS) is 9.08. The van der Waals surface area contributed by atoms with E-state index >= 15 is 0 Å². The smallest absolute Gasteiger partial charge is 0.376 e. The predicted octanol–water partition coefficient (Wildman–Crippen LogP) is 0.930. The van der Waals surface area contributed by atoms with E-state index in [1.807, 2.05) is 0 Å². The number of aldehydes is 1. The third kappa shape index (κ3) is 1.88. The van der Waals surface area contributed by atoms with Crippen molar-refractivity contribution < 1.29 is 18.7 Å². The van der Waals surface area contributed by atoms with Crippen molar-refractivity contribution in [2.75, 3.05) is 0 Å². The summed E-state index contributed by atoms with van der Waals surface area (Å²) in [6.45, 7) is 0. The Morgan fingerprint density at radius 3 is 2.67 bits per heavy atom. The molecule has 0 bridgehead atoms. The summed E-state index contributed by atoms with van der Waals surface area (Å²) in [7, 11) is 0. The monoisotopic (exact) mass is 168 g/mol. The van der Waals surface area contributed by atoms with Gasteiger partial charge in [-0.2, -0.15) is 0 Å². The average Bonchev–Trinajstić information content (AvgIpc) is 2.09. The minimum Gasteiger partial charge on any atom is -0.418 e. The van der Waals surface area contributed by atoms with E-state index in [1.165, 1.54) is 18.2 Å². The molecule has 0 atom stereocenters. The van der Waals surface area contributed by atoms with Gasteiger partial charge in [-0.15, -0.1) is 0 Å². The first kappa shape index (κ1) is 8.39. The molecule has 0 saturated carbocycles. The van der Waals surface area contributed by atoms with Gasteiger partial charge in [0.1, 0.15) is 0 Å². The van der Waals surface area contributed by atoms with Crippen LogP contribution < -0.4 is 4.74 Å². The summed E-state index contributed by atoms with van der Waals surface area (Å²) in [6, 6.07) is 5.34. The van der Waals surface area contributed by atoms with Gasteiger partial charge in [-0.05, 0) is 12.1 Å². The molecule has 0 saturated heterocycles. The number of esters is 1. The number of benzene rings is 1. The standard InChI is InChI=1S/C8H5FO3/c9-6-3-1-2-4-7(6)12-8(11)5-10/h1-5H. The number of hydrogen-bond acceptors (Lipinski definition) is 3. The van der Waals surface area contributed by atoms with E-state index in [-0.39, 0.29) is 12.0 Å². The second-order valence-corrected chi connectivity index (χ2v) is 1.97. The van der Waals surface area contributed by atoms with Crippen LogP contribution in [0.25, 0.3) is 0 Å². The maximum atomic E-state index is 12.7. The Labute approximate surface area is 67.8 Å². The van der Waals surface area contributed by atoms with Gasteiger partial charge in [0.2, 0.25) is 6.29 Å². The zero-order chi connectivity index (χ0) is 8.97. The number of ether oxygens (including phenoxy) is 1. The Hall–Kier alpha value is -1.71. The van der Waals surface area contributed by atoms with Crippen molar-refractivity contribution >= 4 is 12.3 Å². The maximum Gasteiger partial charge on any atom is 0.376 e. The fourth-order valence-electron chi connectivity index (χ4n) is 0.660. The van der Waals surface area contributed by atoms with E-state index in [1.54, 1.807) is 0 Å². The molecule has 0 radical (unpaired) electrons. The third-order valence-corrected chi connectivity index (χ3v) is 1.14. The van der Waals surface area contributed by atoms with Crippen LogP contribution in [0.3, 0.4) is 0 Å². The van der Waals surface area contributed by atoms with E-state index in [0.717, 1.165) is 6.07 Å². The lowest BCUT2D eigenvalue weighted by molar-refractivity contribution is -0.141. The fourth-order valence-corrected chi connectivity index (χ4v) is 0.660. The summed E-state index contributed by atoms with van der Waals surface area (Å²) in [4.78, 5) is 20.2. The van der Waals surface area contributed by atoms with E-state index < -0.39 is 11.8 Å². The Morgan fingerprint density at radius 2 is 2.08 bits per heavy atom. The number of carbonyl (C=O) groups is 2. The first-order chi connectivity index (χ1) is 5.74. The van der Waals surface area contributed by atoms with Crippen LogP contribution in [-0.2, 0) is 9.59 Å². The van der Waals surface area contributed by atoms with Crippen molar-refractivity contribution in [1.29, 1.82) is 0 Å². The molecule has 3 nitrogen and oxygen atoms in total. The third-order valence-electron chi connectivity index (χ3n) is 1.14. The molecule has 0 N–H and O–H groups in total. The Balaban J connectivity index is 2.82. The molecule has 0 aliphatic carbocycles. The van der Waals surface area contributed by atoms with Crippen LogP contribution >= 0.6 is 0 Å². The number of para-hydroxylation sites is 1. The van der Waals surface area contributed by atoms with Crippen LogP contribution in [0.5, 0.6) is 5.75 Å². The molecular formula is C8H5FO3. The van der Waals surface area contributed by atoms with Crippen LogP contribution in [0.1, 0.15) is 0 Å². The molecule has 0 unspecified atom stereocenters. The molecule has 0 amide bonds. The molecule has 12 heavy (non-hydrogen) atoms. The van der Waals surface area contributed by atoms with Crippen molar-refractivity contribution in [2.45, 2.75) is 0 Å². The van der Waals surface area contributed by atoms with Gasteiger partial charge in [0.05, 0.1) is 0 Å². The zero-order valence-electron chi connectivity index (χ0n) is 5.99. The summed E-state index contributed by atoms with van der Waals surface area (Å²) in [5.74, 6) is -2.03. The molecule has 0 spiro atoms. The molecule has 0 aliphatic rings. The molecule has 1 aromatic carbocycles. The van der Waals surface area contributed by atoms with Crippen LogP contribution in [0.2, 0.25) is 0 Å². The van der Waals surface area contributed by atoms with Gasteiger partial charge in [0.25, 0.3) is 0 Å². The summed E-state index contributed by atoms with van der Waals surface area (Å²) in [5, 5.41) is 0. The van der Waals surface area contributed by atoms with Crippen molar-refractivity contribution in [3.05, 3.63) is 30.1 Å². The minimum absolute atomic E-state index is 0.0214. The van der Waals surface area contributed by atoms with Crippen molar-refractivity contribution in [3.63, 3.8) is 0 Å². The van der Waals surface area contributed by atoms with Gasteiger partial charge in [-0.1, -0.05) is 12.1 Å². The summed E-state index contributed by atoms with van der Waals surface area (Å²) >= 11 is 0. The highest BCUT2D eigenvalue weighted by Gasteiger charge is 2.05. The van der Waals surface area contributed by atoms with Crippen LogP contribution in [0.4, 0.5) is 4.39 Å². The lowest BCUT2D eigenvalue weighted by Gasteiger charge is -1.99. The largest absolute Gasteiger partial charge is 0.418 e. The summed E-state index contributed by atoms with van der Waals surface area (Å²) in [5.41, 5.74) is 0. The summed E-state index contributed by atoms with van der Waals surface area (Å²) in [6.07, 6.45) is -0.0214. The van der Waals surface area contributed by atoms with Crippen molar-refractivity contribution in [2.24, 2.45) is 0 Å². The Morgan fingerprint density at radius 1 is 1.42 bits per heavy atom. The highest BCUT2D eigenvalue weighted by atomic mass is 19.1. The Bertz CT molecular complexity index is 309. The van der Waals surface area contributed by atoms with E-state index in [4.69, 9.17) is 0 Å². The second kappa shape index (κ2) is 3.61. The topological polar surface area (TPSA) is 43.4 Å². The number of hydrogen-bond donors (Lipinski definition) is 0. The molecule has 1 aromatic rings. The molecule has 4 heteroatoms. The minimum atomic E-state index is -1.11. The fraction of sp³-hybridized carbons (Fsp3) is 0. The molecule has 0 aromatic heterocycles. The molecule has 0 heterocycles. The average molecular weight is 168 g/mol. The van der Waals surface area contributed by atoms with Gasteiger partial charge in [-0.25, -0.2) is 9.18 Å². The first-order valence-corrected chi connectivity index (χ1v) is 3.15. The highest BCUT2D eigenvalue weighted by molar-refractivity contribution is 6.21. The van der Waals surface area contributed by atoms with Crippen molar-refractivity contribution in [1.82, 2.24) is 0 Å². The van der Waals surface area contributed by atoms with Gasteiger partial charge < -0.3 is 4.74 Å². The predicted molar refractivity (Wildman–Crippen MR) is 38.1 cm³/mol. The summed E-state index contributed by atoms with van der Waals surface area (Å²) < 4.78 is 17.0. The Kier molecular flexibility index (Phi) is 2.53. The zero-order valence-corrected chi connectivity index (χ0v) is 5.99. The SMILES string of the molecule is O=CC(=O)Oc1ccccc1F. The number of halogens is 1. The lowest BCUT2D eigenvalue weighted by atomic mass is 10.3. The van der Waals surface area contributed by atoms with Gasteiger partial charge in [-0.3, -0.25) is 4.79 Å². The molecule has 0 aliphatic heterocycles. The van der Waals surface area contributed by atoms with Crippen LogP contribution in [0, 0.1) is 5.82 Å². The molecule has 0 fully saturated rings. The lowest BCUT2D eigenvalue weighted by Crippen LogP contribution is -2.09. The number of rotatable bonds is 2. The van der Waals surface area contributed by atoms with Crippen LogP contribution in [-0.4, -0.2) is 12.3 Å². The highest BCUT2D eigenvalue weighted by Crippen LogP contribution is 2.14. The van der Waals surface area contributed by atoms with Gasteiger partial charge in [0, 0.05) is 0 Å². The molecular weight excluding hydrogens is 163 g/mol. The second-order valence-electron chi connectivity index (χ2n) is 1.97. The van der Waals surface area contributed by atoms with E-state index in [9.17, 15) is 14.0 Å². The van der Waals surface area contributed by atoms with Gasteiger partial charge >= 0.3 is 5.97 Å². The van der Waals surface area contributed by atoms with E-state index in [0.29, 0.717) is 0 Å². The first-order valence-electron chi connectivity index (χ1n) is 3.15. The molecule has 62 valence electrons. The van der Waals surface area contributed by atoms with E-state index in [2.05, 4.69) is 4.74 Å². The van der Waals surface area contributed by atoms with Gasteiger partial charge in [0.15, 0.2) is 11.6 Å². The quantitative estimate of drug-likeness (QED) is 0.285. The molecule has 1 rings (SSSR count). The maximum absolute atomic E-state index is 12.7. The number of carbonyl (C=O) groups excluding carboxylic acids is 2. The van der Waals surface area contributed by atoms with Crippen LogP contribution in [0.15, 0.2) is 24.3 Å².